The molecule has 0 saturated carbocycles. The van der Waals surface area contributed by atoms with Crippen LogP contribution in [0.3, 0.4) is 0 Å². The molecule has 0 bridgehead atoms. The minimum Gasteiger partial charge on any atom is -0.375 e. The first-order valence-corrected chi connectivity index (χ1v) is 5.74. The van der Waals surface area contributed by atoms with Crippen LogP contribution in [-0.4, -0.2) is 10.8 Å². The van der Waals surface area contributed by atoms with Crippen molar-refractivity contribution < 1.29 is 4.79 Å². The SMILES string of the molecule is N#Cc1ccc(CC(=O)c2cnc(N)s2)cc1. The lowest BCUT2D eigenvalue weighted by molar-refractivity contribution is 0.0996. The quantitative estimate of drug-likeness (QED) is 0.836. The van der Waals surface area contributed by atoms with E-state index < -0.39 is 0 Å². The standard InChI is InChI=1S/C12H9N3OS/c13-6-9-3-1-8(2-4-9)5-10(16)11-7-15-12(14)17-11/h1-4,7H,5H2,(H2,14,15). The van der Waals surface area contributed by atoms with Crippen molar-refractivity contribution in [2.45, 2.75) is 6.42 Å². The normalized spacial score (nSPS) is 9.82. The minimum atomic E-state index is -0.0103. The number of carbonyl (C=O) groups excluding carboxylic acids is 1. The van der Waals surface area contributed by atoms with E-state index in [9.17, 15) is 4.79 Å². The molecule has 0 amide bonds. The fourth-order valence-corrected chi connectivity index (χ4v) is 2.01. The Hall–Kier alpha value is -2.19. The number of carbonyl (C=O) groups is 1. The largest absolute Gasteiger partial charge is 0.375 e. The Morgan fingerprint density at radius 1 is 1.41 bits per heavy atom. The predicted octanol–water partition coefficient (Wildman–Crippen LogP) is 2.02. The van der Waals surface area contributed by atoms with Crippen LogP contribution < -0.4 is 5.73 Å². The van der Waals surface area contributed by atoms with E-state index in [1.165, 1.54) is 17.5 Å². The summed E-state index contributed by atoms with van der Waals surface area (Å²) in [6.07, 6.45) is 1.79. The monoisotopic (exact) mass is 243 g/mol. The van der Waals surface area contributed by atoms with Gasteiger partial charge in [-0.25, -0.2) is 4.98 Å². The number of ketones is 1. The van der Waals surface area contributed by atoms with Gasteiger partial charge in [0.2, 0.25) is 0 Å². The van der Waals surface area contributed by atoms with Crippen LogP contribution in [0, 0.1) is 11.3 Å². The molecule has 5 heteroatoms. The lowest BCUT2D eigenvalue weighted by Gasteiger charge is -1.98. The second-order valence-corrected chi connectivity index (χ2v) is 4.53. The number of nitriles is 1. The molecule has 2 aromatic rings. The Bertz CT molecular complexity index is 581. The first-order chi connectivity index (χ1) is 8.19. The van der Waals surface area contributed by atoms with Gasteiger partial charge >= 0.3 is 0 Å². The maximum absolute atomic E-state index is 11.8. The highest BCUT2D eigenvalue weighted by atomic mass is 32.1. The molecule has 0 aliphatic carbocycles. The first kappa shape index (κ1) is 11.3. The van der Waals surface area contributed by atoms with Gasteiger partial charge in [0, 0.05) is 6.42 Å². The van der Waals surface area contributed by atoms with Crippen LogP contribution in [0.15, 0.2) is 30.5 Å². The van der Waals surface area contributed by atoms with Crippen molar-refractivity contribution in [2.75, 3.05) is 5.73 Å². The molecule has 0 saturated heterocycles. The van der Waals surface area contributed by atoms with Gasteiger partial charge in [0.15, 0.2) is 10.9 Å². The van der Waals surface area contributed by atoms with Crippen molar-refractivity contribution in [1.29, 1.82) is 5.26 Å². The zero-order valence-corrected chi connectivity index (χ0v) is 9.70. The summed E-state index contributed by atoms with van der Waals surface area (Å²) in [5.41, 5.74) is 6.93. The molecule has 1 aromatic carbocycles. The summed E-state index contributed by atoms with van der Waals surface area (Å²) in [6.45, 7) is 0. The van der Waals surface area contributed by atoms with Crippen LogP contribution in [0.5, 0.6) is 0 Å². The van der Waals surface area contributed by atoms with Gasteiger partial charge in [-0.05, 0) is 17.7 Å². The van der Waals surface area contributed by atoms with Gasteiger partial charge in [-0.1, -0.05) is 23.5 Å². The molecule has 4 nitrogen and oxygen atoms in total. The number of benzene rings is 1. The third-order valence-corrected chi connectivity index (χ3v) is 3.11. The van der Waals surface area contributed by atoms with Crippen LogP contribution in [0.25, 0.3) is 0 Å². The summed E-state index contributed by atoms with van der Waals surface area (Å²) >= 11 is 1.19. The van der Waals surface area contributed by atoms with Crippen LogP contribution in [0.2, 0.25) is 0 Å². The molecule has 0 aliphatic rings. The Balaban J connectivity index is 2.11. The number of anilines is 1. The van der Waals surface area contributed by atoms with Gasteiger partial charge in [0.25, 0.3) is 0 Å². The van der Waals surface area contributed by atoms with Crippen LogP contribution in [-0.2, 0) is 6.42 Å². The number of rotatable bonds is 3. The van der Waals surface area contributed by atoms with E-state index >= 15 is 0 Å². The van der Waals surface area contributed by atoms with Gasteiger partial charge in [0.05, 0.1) is 22.7 Å². The number of hydrogen-bond donors (Lipinski definition) is 1. The molecule has 0 radical (unpaired) electrons. The highest BCUT2D eigenvalue weighted by molar-refractivity contribution is 7.17. The molecule has 1 aromatic heterocycles. The third kappa shape index (κ3) is 2.68. The molecule has 0 fully saturated rings. The summed E-state index contributed by atoms with van der Waals surface area (Å²) < 4.78 is 0. The third-order valence-electron chi connectivity index (χ3n) is 2.25. The highest BCUT2D eigenvalue weighted by Gasteiger charge is 2.10. The molecular weight excluding hydrogens is 234 g/mol. The second kappa shape index (κ2) is 4.76. The summed E-state index contributed by atoms with van der Waals surface area (Å²) in [5, 5.41) is 9.05. The number of nitrogen functional groups attached to an aromatic ring is 1. The number of Topliss-reactive ketones (excluding diaryl/α,β-unsaturated/α-hetero) is 1. The van der Waals surface area contributed by atoms with E-state index in [-0.39, 0.29) is 5.78 Å². The van der Waals surface area contributed by atoms with E-state index in [1.807, 2.05) is 6.07 Å². The molecule has 17 heavy (non-hydrogen) atoms. The lowest BCUT2D eigenvalue weighted by atomic mass is 10.1. The number of nitrogens with zero attached hydrogens (tertiary/aromatic N) is 2. The predicted molar refractivity (Wildman–Crippen MR) is 65.7 cm³/mol. The summed E-state index contributed by atoms with van der Waals surface area (Å²) in [5.74, 6) is -0.0103. The van der Waals surface area contributed by atoms with Crippen molar-refractivity contribution in [2.24, 2.45) is 0 Å². The number of aromatic nitrogens is 1. The fourth-order valence-electron chi connectivity index (χ4n) is 1.39. The van der Waals surface area contributed by atoms with Crippen molar-refractivity contribution in [3.8, 4) is 6.07 Å². The Labute approximate surface area is 102 Å². The second-order valence-electron chi connectivity index (χ2n) is 3.47. The molecule has 0 spiro atoms. The topological polar surface area (TPSA) is 79.8 Å². The van der Waals surface area contributed by atoms with Gasteiger partial charge in [0.1, 0.15) is 0 Å². The molecular formula is C12H9N3OS. The molecule has 0 unspecified atom stereocenters. The molecule has 1 heterocycles. The van der Waals surface area contributed by atoms with E-state index in [2.05, 4.69) is 4.98 Å². The molecule has 84 valence electrons. The van der Waals surface area contributed by atoms with Gasteiger partial charge in [-0.2, -0.15) is 5.26 Å². The van der Waals surface area contributed by atoms with Gasteiger partial charge < -0.3 is 5.73 Å². The van der Waals surface area contributed by atoms with Crippen molar-refractivity contribution in [3.05, 3.63) is 46.5 Å². The smallest absolute Gasteiger partial charge is 0.180 e. The van der Waals surface area contributed by atoms with Crippen molar-refractivity contribution in [1.82, 2.24) is 4.98 Å². The van der Waals surface area contributed by atoms with Crippen molar-refractivity contribution in [3.63, 3.8) is 0 Å². The fraction of sp³-hybridized carbons (Fsp3) is 0.0833. The first-order valence-electron chi connectivity index (χ1n) is 4.92. The molecule has 2 rings (SSSR count). The van der Waals surface area contributed by atoms with E-state index in [1.54, 1.807) is 24.3 Å². The average Bonchev–Trinajstić information content (AvgIpc) is 2.77. The highest BCUT2D eigenvalue weighted by Crippen LogP contribution is 2.17. The summed E-state index contributed by atoms with van der Waals surface area (Å²) in [7, 11) is 0. The molecule has 0 atom stereocenters. The average molecular weight is 243 g/mol. The maximum atomic E-state index is 11.8. The number of nitrogens with two attached hydrogens (primary N) is 1. The Kier molecular flexibility index (Phi) is 3.17. The van der Waals surface area contributed by atoms with Crippen molar-refractivity contribution >= 4 is 22.3 Å². The van der Waals surface area contributed by atoms with Gasteiger partial charge in [-0.15, -0.1) is 0 Å². The molecule has 2 N–H and O–H groups in total. The summed E-state index contributed by atoms with van der Waals surface area (Å²) in [6, 6.07) is 8.99. The number of hydrogen-bond acceptors (Lipinski definition) is 5. The van der Waals surface area contributed by atoms with E-state index in [4.69, 9.17) is 11.0 Å². The number of thiazole rings is 1. The van der Waals surface area contributed by atoms with E-state index in [0.717, 1.165) is 5.56 Å². The summed E-state index contributed by atoms with van der Waals surface area (Å²) in [4.78, 5) is 16.2. The van der Waals surface area contributed by atoms with Crippen LogP contribution in [0.4, 0.5) is 5.13 Å². The molecule has 0 aliphatic heterocycles. The Morgan fingerprint density at radius 3 is 2.65 bits per heavy atom. The Morgan fingerprint density at radius 2 is 2.12 bits per heavy atom. The van der Waals surface area contributed by atoms with Crippen LogP contribution in [0.1, 0.15) is 20.8 Å². The zero-order chi connectivity index (χ0) is 12.3. The minimum absolute atomic E-state index is 0.0103. The lowest BCUT2D eigenvalue weighted by Crippen LogP contribution is -2.01. The zero-order valence-electron chi connectivity index (χ0n) is 8.88. The van der Waals surface area contributed by atoms with Crippen LogP contribution >= 0.6 is 11.3 Å². The maximum Gasteiger partial charge on any atom is 0.180 e. The van der Waals surface area contributed by atoms with Gasteiger partial charge in [-0.3, -0.25) is 4.79 Å². The van der Waals surface area contributed by atoms with E-state index in [0.29, 0.717) is 22.0 Å².